The number of aliphatic hydroxyl groups is 1. The highest BCUT2D eigenvalue weighted by Crippen LogP contribution is 2.46. The zero-order valence-corrected chi connectivity index (χ0v) is 15.3. The van der Waals surface area contributed by atoms with Crippen LogP contribution in [0.5, 0.6) is 11.5 Å². The molecule has 0 fully saturated rings. The minimum Gasteiger partial charge on any atom is -0.456 e. The van der Waals surface area contributed by atoms with Crippen molar-refractivity contribution in [3.05, 3.63) is 51.7 Å². The summed E-state index contributed by atoms with van der Waals surface area (Å²) in [5, 5.41) is 19.2. The number of nitriles is 1. The average molecular weight is 427 g/mol. The van der Waals surface area contributed by atoms with E-state index >= 15 is 0 Å². The predicted molar refractivity (Wildman–Crippen MR) is 89.9 cm³/mol. The van der Waals surface area contributed by atoms with Crippen LogP contribution in [0.3, 0.4) is 0 Å². The van der Waals surface area contributed by atoms with E-state index in [1.54, 1.807) is 6.92 Å². The summed E-state index contributed by atoms with van der Waals surface area (Å²) in [5.41, 5.74) is 0.253. The van der Waals surface area contributed by atoms with E-state index in [9.17, 15) is 17.9 Å². The summed E-state index contributed by atoms with van der Waals surface area (Å²) in [4.78, 5) is -0.0157. The van der Waals surface area contributed by atoms with E-state index < -0.39 is 22.1 Å². The molecule has 2 aromatic carbocycles. The first-order valence-corrected chi connectivity index (χ1v) is 9.43. The molecule has 130 valence electrons. The molecule has 0 bridgehead atoms. The van der Waals surface area contributed by atoms with Gasteiger partial charge in [0.2, 0.25) is 10.0 Å². The molecule has 0 radical (unpaired) electrons. The number of benzene rings is 2. The minimum atomic E-state index is -3.78. The van der Waals surface area contributed by atoms with E-state index in [1.165, 1.54) is 18.2 Å². The molecular weight excluding hydrogens is 415 g/mol. The third-order valence-electron chi connectivity index (χ3n) is 3.76. The van der Waals surface area contributed by atoms with Gasteiger partial charge in [0.05, 0.1) is 21.0 Å². The lowest BCUT2D eigenvalue weighted by molar-refractivity contribution is 0.0718. The molecule has 25 heavy (non-hydrogen) atoms. The largest absolute Gasteiger partial charge is 0.456 e. The maximum absolute atomic E-state index is 13.5. The Morgan fingerprint density at radius 2 is 2.12 bits per heavy atom. The molecule has 6 nitrogen and oxygen atoms in total. The van der Waals surface area contributed by atoms with Crippen molar-refractivity contribution in [3.8, 4) is 17.6 Å². The van der Waals surface area contributed by atoms with E-state index in [1.807, 2.05) is 6.07 Å². The van der Waals surface area contributed by atoms with Gasteiger partial charge < -0.3 is 9.84 Å². The molecule has 1 aliphatic rings. The highest BCUT2D eigenvalue weighted by molar-refractivity contribution is 9.10. The fourth-order valence-corrected chi connectivity index (χ4v) is 5.11. The summed E-state index contributed by atoms with van der Waals surface area (Å²) in [6.07, 6.45) is -1.34. The Morgan fingerprint density at radius 3 is 2.76 bits per heavy atom. The number of aliphatic hydroxyl groups excluding tert-OH is 1. The van der Waals surface area contributed by atoms with Gasteiger partial charge in [-0.15, -0.1) is 0 Å². The van der Waals surface area contributed by atoms with Crippen molar-refractivity contribution in [1.82, 2.24) is 4.31 Å². The van der Waals surface area contributed by atoms with Crippen molar-refractivity contribution in [2.75, 3.05) is 6.54 Å². The maximum Gasteiger partial charge on any atom is 0.245 e. The van der Waals surface area contributed by atoms with Gasteiger partial charge in [-0.1, -0.05) is 6.92 Å². The summed E-state index contributed by atoms with van der Waals surface area (Å²) in [6, 6.07) is 8.09. The van der Waals surface area contributed by atoms with Crippen molar-refractivity contribution in [1.29, 1.82) is 5.26 Å². The summed E-state index contributed by atoms with van der Waals surface area (Å²) in [7, 11) is -3.78. The molecule has 2 aromatic rings. The van der Waals surface area contributed by atoms with Gasteiger partial charge in [-0.05, 0) is 40.2 Å². The highest BCUT2D eigenvalue weighted by atomic mass is 79.9. The molecule has 0 aliphatic carbocycles. The van der Waals surface area contributed by atoms with E-state index in [2.05, 4.69) is 15.9 Å². The van der Waals surface area contributed by atoms with E-state index in [0.29, 0.717) is 0 Å². The SMILES string of the molecule is CCN1C(O)c2c(ccc(Oc3cc(F)cc(C#N)c3)c2Br)S1(=O)=O. The van der Waals surface area contributed by atoms with Crippen LogP contribution in [-0.2, 0) is 10.0 Å². The van der Waals surface area contributed by atoms with Crippen LogP contribution in [0, 0.1) is 17.1 Å². The molecule has 9 heteroatoms. The Bertz CT molecular complexity index is 1000. The molecule has 3 rings (SSSR count). The molecular formula is C16H12BrFN2O4S. The number of halogens is 2. The monoisotopic (exact) mass is 426 g/mol. The van der Waals surface area contributed by atoms with Crippen LogP contribution in [0.1, 0.15) is 24.3 Å². The summed E-state index contributed by atoms with van der Waals surface area (Å²) in [5.74, 6) is -0.355. The molecule has 0 amide bonds. The zero-order valence-electron chi connectivity index (χ0n) is 12.9. The van der Waals surface area contributed by atoms with E-state index in [0.717, 1.165) is 16.4 Å². The Kier molecular flexibility index (Phi) is 4.55. The first-order valence-electron chi connectivity index (χ1n) is 7.20. The van der Waals surface area contributed by atoms with Gasteiger partial charge in [0.25, 0.3) is 0 Å². The standard InChI is InChI=1S/C16H12BrFN2O4S/c1-2-20-16(21)14-13(25(20,22)23)4-3-12(15(14)17)24-11-6-9(8-19)5-10(18)7-11/h3-7,16,21H,2H2,1H3. The summed E-state index contributed by atoms with van der Waals surface area (Å²) < 4.78 is 45.1. The fraction of sp³-hybridized carbons (Fsp3) is 0.188. The number of fused-ring (bicyclic) bond motifs is 1. The summed E-state index contributed by atoms with van der Waals surface area (Å²) >= 11 is 3.26. The van der Waals surface area contributed by atoms with E-state index in [4.69, 9.17) is 10.00 Å². The number of rotatable bonds is 3. The topological polar surface area (TPSA) is 90.6 Å². The van der Waals surface area contributed by atoms with Gasteiger partial charge >= 0.3 is 0 Å². The number of sulfonamides is 1. The second kappa shape index (κ2) is 6.38. The Hall–Kier alpha value is -1.99. The molecule has 0 saturated heterocycles. The van der Waals surface area contributed by atoms with Gasteiger partial charge in [-0.3, -0.25) is 0 Å². The van der Waals surface area contributed by atoms with Gasteiger partial charge in [-0.25, -0.2) is 12.8 Å². The lowest BCUT2D eigenvalue weighted by Gasteiger charge is -2.17. The number of hydrogen-bond donors (Lipinski definition) is 1. The molecule has 1 unspecified atom stereocenters. The Morgan fingerprint density at radius 1 is 1.40 bits per heavy atom. The Labute approximate surface area is 152 Å². The molecule has 1 N–H and O–H groups in total. The first kappa shape index (κ1) is 17.8. The number of ether oxygens (including phenoxy) is 1. The van der Waals surface area contributed by atoms with Crippen molar-refractivity contribution in [3.63, 3.8) is 0 Å². The molecule has 1 atom stereocenters. The lowest BCUT2D eigenvalue weighted by atomic mass is 10.2. The molecule has 0 spiro atoms. The molecule has 0 aromatic heterocycles. The number of nitrogens with zero attached hydrogens (tertiary/aromatic N) is 2. The van der Waals surface area contributed by atoms with Crippen LogP contribution in [0.4, 0.5) is 4.39 Å². The quantitative estimate of drug-likeness (QED) is 0.812. The van der Waals surface area contributed by atoms with Crippen LogP contribution < -0.4 is 4.74 Å². The third kappa shape index (κ3) is 2.91. The molecule has 1 heterocycles. The van der Waals surface area contributed by atoms with E-state index in [-0.39, 0.29) is 38.5 Å². The third-order valence-corrected chi connectivity index (χ3v) is 6.57. The molecule has 1 aliphatic heterocycles. The maximum atomic E-state index is 13.5. The van der Waals surface area contributed by atoms with Crippen molar-refractivity contribution in [2.24, 2.45) is 0 Å². The van der Waals surface area contributed by atoms with Crippen LogP contribution in [0.2, 0.25) is 0 Å². The second-order valence-corrected chi connectivity index (χ2v) is 7.91. The van der Waals surface area contributed by atoms with Gasteiger partial charge in [0.1, 0.15) is 23.5 Å². The van der Waals surface area contributed by atoms with Crippen LogP contribution in [0.25, 0.3) is 0 Å². The number of hydrogen-bond acceptors (Lipinski definition) is 5. The second-order valence-electron chi connectivity index (χ2n) is 5.26. The Balaban J connectivity index is 2.07. The zero-order chi connectivity index (χ0) is 18.4. The van der Waals surface area contributed by atoms with Crippen molar-refractivity contribution in [2.45, 2.75) is 18.0 Å². The van der Waals surface area contributed by atoms with Gasteiger partial charge in [0, 0.05) is 18.2 Å². The molecule has 0 saturated carbocycles. The predicted octanol–water partition coefficient (Wildman–Crippen LogP) is 3.27. The fourth-order valence-electron chi connectivity index (χ4n) is 2.66. The van der Waals surface area contributed by atoms with Crippen LogP contribution in [0.15, 0.2) is 39.7 Å². The average Bonchev–Trinajstić information content (AvgIpc) is 2.75. The van der Waals surface area contributed by atoms with Gasteiger partial charge in [-0.2, -0.15) is 9.57 Å². The lowest BCUT2D eigenvalue weighted by Crippen LogP contribution is -2.27. The normalized spacial score (nSPS) is 18.6. The minimum absolute atomic E-state index is 0.0157. The van der Waals surface area contributed by atoms with Crippen molar-refractivity contribution < 1.29 is 22.7 Å². The summed E-state index contributed by atoms with van der Waals surface area (Å²) in [6.45, 7) is 1.73. The first-order chi connectivity index (χ1) is 11.8. The highest BCUT2D eigenvalue weighted by Gasteiger charge is 2.43. The van der Waals surface area contributed by atoms with Crippen molar-refractivity contribution >= 4 is 26.0 Å². The smallest absolute Gasteiger partial charge is 0.245 e. The van der Waals surface area contributed by atoms with Crippen LogP contribution >= 0.6 is 15.9 Å². The van der Waals surface area contributed by atoms with Gasteiger partial charge in [0.15, 0.2) is 0 Å². The van der Waals surface area contributed by atoms with Crippen LogP contribution in [-0.4, -0.2) is 24.4 Å².